The van der Waals surface area contributed by atoms with E-state index in [4.69, 9.17) is 9.15 Å². The van der Waals surface area contributed by atoms with E-state index in [-0.39, 0.29) is 11.6 Å². The number of methoxy groups -OCH3 is 1. The predicted octanol–water partition coefficient (Wildman–Crippen LogP) is 4.06. The van der Waals surface area contributed by atoms with Gasteiger partial charge in [0.1, 0.15) is 18.1 Å². The number of fused-ring (bicyclic) bond motifs is 1. The number of hydrogen-bond acceptors (Lipinski definition) is 7. The summed E-state index contributed by atoms with van der Waals surface area (Å²) in [5, 5.41) is 13.6. The molecule has 9 nitrogen and oxygen atoms in total. The van der Waals surface area contributed by atoms with Crippen LogP contribution in [0.3, 0.4) is 0 Å². The van der Waals surface area contributed by atoms with Crippen LogP contribution in [-0.4, -0.2) is 43.2 Å². The van der Waals surface area contributed by atoms with Gasteiger partial charge in [0.15, 0.2) is 5.82 Å². The van der Waals surface area contributed by atoms with Crippen molar-refractivity contribution in [2.24, 2.45) is 0 Å². The smallest absolute Gasteiger partial charge is 0.252 e. The first-order valence-corrected chi connectivity index (χ1v) is 11.9. The van der Waals surface area contributed by atoms with Crippen LogP contribution in [0.4, 0.5) is 0 Å². The molecule has 178 valence electrons. The van der Waals surface area contributed by atoms with E-state index in [1.54, 1.807) is 13.4 Å². The van der Waals surface area contributed by atoms with Crippen LogP contribution in [0.25, 0.3) is 10.9 Å². The maximum Gasteiger partial charge on any atom is 0.252 e. The molecule has 9 heteroatoms. The van der Waals surface area contributed by atoms with Gasteiger partial charge >= 0.3 is 0 Å². The van der Waals surface area contributed by atoms with E-state index in [2.05, 4.69) is 32.3 Å². The quantitative estimate of drug-likeness (QED) is 0.400. The fourth-order valence-corrected chi connectivity index (χ4v) is 5.07. The van der Waals surface area contributed by atoms with Gasteiger partial charge in [0, 0.05) is 24.2 Å². The Morgan fingerprint density at radius 1 is 1.26 bits per heavy atom. The average Bonchev–Trinajstić information content (AvgIpc) is 3.63. The van der Waals surface area contributed by atoms with Crippen molar-refractivity contribution in [2.45, 2.75) is 64.2 Å². The summed E-state index contributed by atoms with van der Waals surface area (Å²) in [6, 6.07) is 11.9. The van der Waals surface area contributed by atoms with Crippen molar-refractivity contribution in [3.05, 3.63) is 70.2 Å². The maximum absolute atomic E-state index is 13.1. The molecule has 0 spiro atoms. The lowest BCUT2D eigenvalue weighted by molar-refractivity contribution is 0.112. The number of pyridine rings is 1. The maximum atomic E-state index is 13.1. The predicted molar refractivity (Wildman–Crippen MR) is 128 cm³/mol. The summed E-state index contributed by atoms with van der Waals surface area (Å²) in [4.78, 5) is 18.5. The molecule has 5 rings (SSSR count). The number of nitrogens with one attached hydrogen (secondary N) is 1. The van der Waals surface area contributed by atoms with E-state index in [0.717, 1.165) is 53.1 Å². The molecule has 1 fully saturated rings. The van der Waals surface area contributed by atoms with Gasteiger partial charge in [-0.3, -0.25) is 9.69 Å². The van der Waals surface area contributed by atoms with Gasteiger partial charge in [-0.15, -0.1) is 5.10 Å². The van der Waals surface area contributed by atoms with Crippen LogP contribution in [0, 0.1) is 0 Å². The molecule has 0 radical (unpaired) electrons. The van der Waals surface area contributed by atoms with E-state index in [1.807, 2.05) is 41.1 Å². The van der Waals surface area contributed by atoms with E-state index in [0.29, 0.717) is 19.1 Å². The number of hydrogen-bond donors (Lipinski definition) is 1. The van der Waals surface area contributed by atoms with Gasteiger partial charge in [0.05, 0.1) is 24.9 Å². The number of ether oxygens (including phenoxy) is 1. The number of nitrogens with zero attached hydrogens (tertiary/aromatic N) is 5. The van der Waals surface area contributed by atoms with Gasteiger partial charge in [-0.25, -0.2) is 4.68 Å². The van der Waals surface area contributed by atoms with E-state index >= 15 is 0 Å². The molecule has 1 aliphatic rings. The van der Waals surface area contributed by atoms with Crippen LogP contribution < -0.4 is 10.3 Å². The minimum atomic E-state index is -0.0752. The molecule has 3 heterocycles. The van der Waals surface area contributed by atoms with Gasteiger partial charge in [-0.1, -0.05) is 19.8 Å². The topological polar surface area (TPSA) is 102 Å². The van der Waals surface area contributed by atoms with Gasteiger partial charge < -0.3 is 14.1 Å². The highest BCUT2D eigenvalue weighted by molar-refractivity contribution is 5.80. The summed E-state index contributed by atoms with van der Waals surface area (Å²) in [6.07, 6.45) is 7.10. The first-order valence-electron chi connectivity index (χ1n) is 11.9. The van der Waals surface area contributed by atoms with E-state index in [1.165, 1.54) is 12.8 Å². The second-order valence-electron chi connectivity index (χ2n) is 8.89. The number of aromatic amines is 1. The number of benzene rings is 1. The molecule has 0 bridgehead atoms. The zero-order valence-electron chi connectivity index (χ0n) is 19.6. The van der Waals surface area contributed by atoms with Crippen molar-refractivity contribution in [3.63, 3.8) is 0 Å². The number of rotatable bonds is 9. The fraction of sp³-hybridized carbons (Fsp3) is 0.440. The third-order valence-electron chi connectivity index (χ3n) is 6.81. The van der Waals surface area contributed by atoms with Crippen LogP contribution in [0.1, 0.15) is 62.2 Å². The molecule has 34 heavy (non-hydrogen) atoms. The van der Waals surface area contributed by atoms with Crippen LogP contribution in [0.15, 0.2) is 51.9 Å². The lowest BCUT2D eigenvalue weighted by Gasteiger charge is -2.35. The Bertz CT molecular complexity index is 1290. The zero-order valence-corrected chi connectivity index (χ0v) is 19.6. The van der Waals surface area contributed by atoms with Crippen molar-refractivity contribution >= 4 is 10.9 Å². The number of aromatic nitrogens is 5. The van der Waals surface area contributed by atoms with Crippen LogP contribution >= 0.6 is 0 Å². The van der Waals surface area contributed by atoms with E-state index in [9.17, 15) is 4.79 Å². The van der Waals surface area contributed by atoms with Gasteiger partial charge in [0.2, 0.25) is 0 Å². The molecule has 1 aromatic carbocycles. The van der Waals surface area contributed by atoms with Crippen molar-refractivity contribution in [3.8, 4) is 5.75 Å². The van der Waals surface area contributed by atoms with E-state index < -0.39 is 0 Å². The summed E-state index contributed by atoms with van der Waals surface area (Å²) >= 11 is 0. The highest BCUT2D eigenvalue weighted by Crippen LogP contribution is 2.33. The molecule has 4 aromatic rings. The minimum Gasteiger partial charge on any atom is -0.497 e. The Balaban J connectivity index is 1.49. The number of H-pyrrole nitrogens is 1. The third kappa shape index (κ3) is 4.48. The normalized spacial score (nSPS) is 15.4. The van der Waals surface area contributed by atoms with Crippen LogP contribution in [-0.2, 0) is 13.1 Å². The van der Waals surface area contributed by atoms with Crippen molar-refractivity contribution in [2.75, 3.05) is 7.11 Å². The lowest BCUT2D eigenvalue weighted by atomic mass is 10.0. The molecular weight excluding hydrogens is 432 g/mol. The highest BCUT2D eigenvalue weighted by atomic mass is 16.5. The van der Waals surface area contributed by atoms with Crippen molar-refractivity contribution in [1.82, 2.24) is 30.1 Å². The first kappa shape index (κ1) is 22.3. The summed E-state index contributed by atoms with van der Waals surface area (Å²) in [6.45, 7) is 3.16. The minimum absolute atomic E-state index is 0.0148. The monoisotopic (exact) mass is 462 g/mol. The molecule has 0 saturated heterocycles. The lowest BCUT2D eigenvalue weighted by Crippen LogP contribution is -2.39. The largest absolute Gasteiger partial charge is 0.497 e. The third-order valence-corrected chi connectivity index (χ3v) is 6.81. The SMILES string of the molecule is CC[C@@H](c1nnnn1Cc1ccco1)N(Cc1cc2ccc(OC)cc2[nH]c1=O)C1CCCC1. The van der Waals surface area contributed by atoms with Gasteiger partial charge in [-0.05, 0) is 65.4 Å². The highest BCUT2D eigenvalue weighted by Gasteiger charge is 2.32. The molecule has 1 N–H and O–H groups in total. The second kappa shape index (κ2) is 9.80. The molecular formula is C25H30N6O3. The standard InChI is InChI=1S/C25H30N6O3/c1-3-23(24-27-28-29-31(24)16-21-9-6-12-34-21)30(19-7-4-5-8-19)15-18-13-17-10-11-20(33-2)14-22(17)26-25(18)32/h6,9-14,19,23H,3-5,7-8,15-16H2,1-2H3,(H,26,32)/t23-/m0/s1. The Hall–Kier alpha value is -3.46. The van der Waals surface area contributed by atoms with Gasteiger partial charge in [-0.2, -0.15) is 0 Å². The van der Waals surface area contributed by atoms with Crippen LogP contribution in [0.5, 0.6) is 5.75 Å². The summed E-state index contributed by atoms with van der Waals surface area (Å²) < 4.78 is 12.6. The molecule has 3 aromatic heterocycles. The summed E-state index contributed by atoms with van der Waals surface area (Å²) in [5.74, 6) is 2.32. The number of tetrazole rings is 1. The Morgan fingerprint density at radius 3 is 2.85 bits per heavy atom. The summed E-state index contributed by atoms with van der Waals surface area (Å²) in [5.41, 5.74) is 1.44. The van der Waals surface area contributed by atoms with Gasteiger partial charge in [0.25, 0.3) is 5.56 Å². The molecule has 1 aliphatic carbocycles. The van der Waals surface area contributed by atoms with Crippen molar-refractivity contribution < 1.29 is 9.15 Å². The molecule has 0 unspecified atom stereocenters. The average molecular weight is 463 g/mol. The second-order valence-corrected chi connectivity index (χ2v) is 8.89. The summed E-state index contributed by atoms with van der Waals surface area (Å²) in [7, 11) is 1.62. The van der Waals surface area contributed by atoms with Crippen LogP contribution in [0.2, 0.25) is 0 Å². The Morgan fingerprint density at radius 2 is 2.12 bits per heavy atom. The first-order chi connectivity index (χ1) is 16.7. The Labute approximate surface area is 197 Å². The molecule has 1 saturated carbocycles. The number of furan rings is 1. The molecule has 0 aliphatic heterocycles. The molecule has 1 atom stereocenters. The Kier molecular flexibility index (Phi) is 6.44. The van der Waals surface area contributed by atoms with Crippen molar-refractivity contribution in [1.29, 1.82) is 0 Å². The molecule has 0 amide bonds. The fourth-order valence-electron chi connectivity index (χ4n) is 5.07. The zero-order chi connectivity index (χ0) is 23.5.